The first-order valence-corrected chi connectivity index (χ1v) is 7.14. The van der Waals surface area contributed by atoms with E-state index >= 15 is 0 Å². The number of esters is 1. The van der Waals surface area contributed by atoms with Gasteiger partial charge >= 0.3 is 5.97 Å². The lowest BCUT2D eigenvalue weighted by Crippen LogP contribution is -2.24. The van der Waals surface area contributed by atoms with E-state index in [9.17, 15) is 14.7 Å². The number of Topliss-reactive ketones (excluding diaryl/α,β-unsaturated/α-hetero) is 1. The van der Waals surface area contributed by atoms with Gasteiger partial charge in [-0.15, -0.1) is 0 Å². The summed E-state index contributed by atoms with van der Waals surface area (Å²) in [5.41, 5.74) is 1.86. The zero-order chi connectivity index (χ0) is 16.1. The van der Waals surface area contributed by atoms with Gasteiger partial charge in [-0.2, -0.15) is 0 Å². The van der Waals surface area contributed by atoms with Gasteiger partial charge in [-0.3, -0.25) is 4.79 Å². The van der Waals surface area contributed by atoms with Crippen LogP contribution in [0.2, 0.25) is 0 Å². The number of hydrogen-bond acceptors (Lipinski definition) is 4. The van der Waals surface area contributed by atoms with Gasteiger partial charge in [0.25, 0.3) is 0 Å². The van der Waals surface area contributed by atoms with E-state index in [1.165, 1.54) is 25.1 Å². The molecule has 0 aliphatic rings. The summed E-state index contributed by atoms with van der Waals surface area (Å²) in [6.07, 6.45) is 0.0126. The number of carbonyl (C=O) groups excluding carboxylic acids is 2. The van der Waals surface area contributed by atoms with Crippen LogP contribution in [-0.4, -0.2) is 23.0 Å². The van der Waals surface area contributed by atoms with Crippen molar-refractivity contribution in [2.24, 2.45) is 0 Å². The van der Waals surface area contributed by atoms with Crippen LogP contribution in [0.1, 0.15) is 40.1 Å². The van der Waals surface area contributed by atoms with Gasteiger partial charge in [-0.05, 0) is 37.1 Å². The predicted molar refractivity (Wildman–Crippen MR) is 83.1 cm³/mol. The SMILES string of the molecule is CCc1ccc(C(=O)[C@H](C)OC(=O)c2cccc(O)c2)cc1. The van der Waals surface area contributed by atoms with Crippen LogP contribution in [0.25, 0.3) is 0 Å². The molecular weight excluding hydrogens is 280 g/mol. The number of carbonyl (C=O) groups is 2. The number of benzene rings is 2. The number of ketones is 1. The van der Waals surface area contributed by atoms with E-state index in [1.54, 1.807) is 18.2 Å². The smallest absolute Gasteiger partial charge is 0.338 e. The van der Waals surface area contributed by atoms with E-state index in [4.69, 9.17) is 4.74 Å². The number of phenolic OH excluding ortho intramolecular Hbond substituents is 1. The summed E-state index contributed by atoms with van der Waals surface area (Å²) in [7, 11) is 0. The van der Waals surface area contributed by atoms with Crippen molar-refractivity contribution in [3.8, 4) is 5.75 Å². The highest BCUT2D eigenvalue weighted by molar-refractivity contribution is 6.01. The summed E-state index contributed by atoms with van der Waals surface area (Å²) in [4.78, 5) is 24.2. The molecule has 1 atom stereocenters. The predicted octanol–water partition coefficient (Wildman–Crippen LogP) is 3.38. The first-order valence-electron chi connectivity index (χ1n) is 7.14. The third kappa shape index (κ3) is 3.73. The lowest BCUT2D eigenvalue weighted by atomic mass is 10.0. The molecule has 0 aliphatic heterocycles. The van der Waals surface area contributed by atoms with Crippen LogP contribution >= 0.6 is 0 Å². The van der Waals surface area contributed by atoms with Crippen LogP contribution in [0.3, 0.4) is 0 Å². The quantitative estimate of drug-likeness (QED) is 0.679. The molecule has 0 bridgehead atoms. The number of ether oxygens (including phenoxy) is 1. The van der Waals surface area contributed by atoms with Crippen molar-refractivity contribution < 1.29 is 19.4 Å². The van der Waals surface area contributed by atoms with Crippen molar-refractivity contribution in [1.29, 1.82) is 0 Å². The van der Waals surface area contributed by atoms with Crippen LogP contribution in [0.4, 0.5) is 0 Å². The monoisotopic (exact) mass is 298 g/mol. The lowest BCUT2D eigenvalue weighted by Gasteiger charge is -2.12. The number of rotatable bonds is 5. The van der Waals surface area contributed by atoms with Gasteiger partial charge in [0.1, 0.15) is 5.75 Å². The molecular formula is C18H18O4. The summed E-state index contributed by atoms with van der Waals surface area (Å²) in [6.45, 7) is 3.58. The van der Waals surface area contributed by atoms with E-state index in [-0.39, 0.29) is 17.1 Å². The Kier molecular flexibility index (Phi) is 4.94. The standard InChI is InChI=1S/C18H18O4/c1-3-13-7-9-14(10-8-13)17(20)12(2)22-18(21)15-5-4-6-16(19)11-15/h4-12,19H,3H2,1-2H3/t12-/m0/s1. The molecule has 2 aromatic carbocycles. The van der Waals surface area contributed by atoms with E-state index in [2.05, 4.69) is 0 Å². The minimum Gasteiger partial charge on any atom is -0.508 e. The minimum atomic E-state index is -0.887. The molecule has 0 saturated carbocycles. The molecule has 22 heavy (non-hydrogen) atoms. The molecule has 1 N–H and O–H groups in total. The summed E-state index contributed by atoms with van der Waals surface area (Å²) in [5.74, 6) is -0.915. The number of aromatic hydroxyl groups is 1. The molecule has 0 aliphatic carbocycles. The zero-order valence-electron chi connectivity index (χ0n) is 12.6. The highest BCUT2D eigenvalue weighted by atomic mass is 16.5. The second kappa shape index (κ2) is 6.89. The minimum absolute atomic E-state index is 0.0245. The van der Waals surface area contributed by atoms with Crippen LogP contribution < -0.4 is 0 Å². The molecule has 0 spiro atoms. The fourth-order valence-electron chi connectivity index (χ4n) is 2.05. The van der Waals surface area contributed by atoms with Gasteiger partial charge in [0.15, 0.2) is 6.10 Å². The molecule has 0 unspecified atom stereocenters. The molecule has 0 aromatic heterocycles. The Morgan fingerprint density at radius 1 is 1.09 bits per heavy atom. The largest absolute Gasteiger partial charge is 0.508 e. The second-order valence-electron chi connectivity index (χ2n) is 5.01. The Balaban J connectivity index is 2.05. The van der Waals surface area contributed by atoms with Gasteiger partial charge in [0.05, 0.1) is 5.56 Å². The van der Waals surface area contributed by atoms with Gasteiger partial charge in [-0.25, -0.2) is 4.79 Å². The maximum Gasteiger partial charge on any atom is 0.338 e. The van der Waals surface area contributed by atoms with Crippen LogP contribution in [0, 0.1) is 0 Å². The highest BCUT2D eigenvalue weighted by Gasteiger charge is 2.20. The zero-order valence-corrected chi connectivity index (χ0v) is 12.6. The number of aryl methyl sites for hydroxylation is 1. The van der Waals surface area contributed by atoms with Crippen molar-refractivity contribution in [3.63, 3.8) is 0 Å². The van der Waals surface area contributed by atoms with Crippen molar-refractivity contribution in [2.75, 3.05) is 0 Å². The van der Waals surface area contributed by atoms with E-state index in [1.807, 2.05) is 19.1 Å². The Hall–Kier alpha value is -2.62. The van der Waals surface area contributed by atoms with Crippen LogP contribution in [0.5, 0.6) is 5.75 Å². The summed E-state index contributed by atoms with van der Waals surface area (Å²) < 4.78 is 5.16. The highest BCUT2D eigenvalue weighted by Crippen LogP contribution is 2.14. The van der Waals surface area contributed by atoms with Crippen molar-refractivity contribution in [2.45, 2.75) is 26.4 Å². The van der Waals surface area contributed by atoms with Gasteiger partial charge in [0, 0.05) is 5.56 Å². The first kappa shape index (κ1) is 15.8. The molecule has 0 saturated heterocycles. The van der Waals surface area contributed by atoms with Gasteiger partial charge in [0.2, 0.25) is 5.78 Å². The molecule has 4 nitrogen and oxygen atoms in total. The van der Waals surface area contributed by atoms with E-state index < -0.39 is 12.1 Å². The fraction of sp³-hybridized carbons (Fsp3) is 0.222. The van der Waals surface area contributed by atoms with E-state index in [0.717, 1.165) is 12.0 Å². The molecule has 0 amide bonds. The molecule has 114 valence electrons. The summed E-state index contributed by atoms with van der Waals surface area (Å²) in [6, 6.07) is 13.1. The molecule has 4 heteroatoms. The fourth-order valence-corrected chi connectivity index (χ4v) is 2.05. The maximum absolute atomic E-state index is 12.3. The topological polar surface area (TPSA) is 63.6 Å². The van der Waals surface area contributed by atoms with Crippen molar-refractivity contribution >= 4 is 11.8 Å². The summed E-state index contributed by atoms with van der Waals surface area (Å²) >= 11 is 0. The van der Waals surface area contributed by atoms with Gasteiger partial charge in [-0.1, -0.05) is 37.3 Å². The normalized spacial score (nSPS) is 11.7. The molecule has 2 aromatic rings. The van der Waals surface area contributed by atoms with E-state index in [0.29, 0.717) is 5.56 Å². The van der Waals surface area contributed by atoms with Gasteiger partial charge < -0.3 is 9.84 Å². The van der Waals surface area contributed by atoms with Crippen LogP contribution in [-0.2, 0) is 11.2 Å². The lowest BCUT2D eigenvalue weighted by molar-refractivity contribution is 0.0318. The Morgan fingerprint density at radius 3 is 2.36 bits per heavy atom. The molecule has 0 radical (unpaired) electrons. The number of hydrogen-bond donors (Lipinski definition) is 1. The first-order chi connectivity index (χ1) is 10.5. The third-order valence-corrected chi connectivity index (χ3v) is 3.38. The number of phenols is 1. The average Bonchev–Trinajstić information content (AvgIpc) is 2.54. The Morgan fingerprint density at radius 2 is 1.77 bits per heavy atom. The summed E-state index contributed by atoms with van der Waals surface area (Å²) in [5, 5.41) is 9.36. The molecule has 0 fully saturated rings. The van der Waals surface area contributed by atoms with Crippen molar-refractivity contribution in [3.05, 3.63) is 65.2 Å². The molecule has 0 heterocycles. The Labute approximate surface area is 129 Å². The Bertz CT molecular complexity index is 674. The maximum atomic E-state index is 12.3. The molecule has 2 rings (SSSR count). The second-order valence-corrected chi connectivity index (χ2v) is 5.01. The third-order valence-electron chi connectivity index (χ3n) is 3.38. The van der Waals surface area contributed by atoms with Crippen molar-refractivity contribution in [1.82, 2.24) is 0 Å². The average molecular weight is 298 g/mol. The van der Waals surface area contributed by atoms with Crippen LogP contribution in [0.15, 0.2) is 48.5 Å².